The van der Waals surface area contributed by atoms with Gasteiger partial charge in [0.2, 0.25) is 0 Å². The Hall–Kier alpha value is -1.03. The van der Waals surface area contributed by atoms with Gasteiger partial charge in [-0.25, -0.2) is 4.68 Å². The van der Waals surface area contributed by atoms with Gasteiger partial charge in [0, 0.05) is 23.9 Å². The Labute approximate surface area is 128 Å². The summed E-state index contributed by atoms with van der Waals surface area (Å²) in [5, 5.41) is 22.6. The number of aromatic nitrogens is 4. The average Bonchev–Trinajstić information content (AvgIpc) is 2.96. The van der Waals surface area contributed by atoms with E-state index in [2.05, 4.69) is 38.1 Å². The SMILES string of the molecule is CCC(CC(=O)O)Cn1nnnc1-c1csc(I)c1. The normalized spacial score (nSPS) is 12.5. The molecule has 0 aliphatic carbocycles. The van der Waals surface area contributed by atoms with Crippen molar-refractivity contribution in [2.45, 2.75) is 26.3 Å². The first-order valence-corrected chi connectivity index (χ1v) is 7.78. The van der Waals surface area contributed by atoms with Gasteiger partial charge in [-0.05, 0) is 45.0 Å². The van der Waals surface area contributed by atoms with Crippen molar-refractivity contribution in [1.29, 1.82) is 0 Å². The van der Waals surface area contributed by atoms with Gasteiger partial charge in [-0.15, -0.1) is 16.4 Å². The molecule has 1 atom stereocenters. The van der Waals surface area contributed by atoms with Crippen molar-refractivity contribution in [2.24, 2.45) is 5.92 Å². The summed E-state index contributed by atoms with van der Waals surface area (Å²) in [5.74, 6) is -0.0491. The quantitative estimate of drug-likeness (QED) is 0.765. The van der Waals surface area contributed by atoms with Crippen LogP contribution in [0.15, 0.2) is 11.4 Å². The largest absolute Gasteiger partial charge is 0.481 e. The number of carboxylic acids is 1. The molecular formula is C11H13IN4O2S. The van der Waals surface area contributed by atoms with E-state index < -0.39 is 5.97 Å². The lowest BCUT2D eigenvalue weighted by Gasteiger charge is -2.12. The van der Waals surface area contributed by atoms with Gasteiger partial charge in [-0.1, -0.05) is 13.3 Å². The van der Waals surface area contributed by atoms with E-state index in [1.54, 1.807) is 16.0 Å². The molecule has 0 fully saturated rings. The highest BCUT2D eigenvalue weighted by Crippen LogP contribution is 2.25. The van der Waals surface area contributed by atoms with Gasteiger partial charge in [0.25, 0.3) is 0 Å². The first kappa shape index (κ1) is 14.4. The Balaban J connectivity index is 2.17. The molecule has 2 aromatic rings. The Kier molecular flexibility index (Phi) is 4.86. The molecule has 2 aromatic heterocycles. The van der Waals surface area contributed by atoms with E-state index in [9.17, 15) is 4.79 Å². The van der Waals surface area contributed by atoms with Gasteiger partial charge in [0.15, 0.2) is 5.82 Å². The van der Waals surface area contributed by atoms with Crippen LogP contribution in [0.1, 0.15) is 19.8 Å². The summed E-state index contributed by atoms with van der Waals surface area (Å²) >= 11 is 3.88. The zero-order valence-corrected chi connectivity index (χ0v) is 13.3. The molecule has 0 aliphatic rings. The van der Waals surface area contributed by atoms with E-state index in [0.29, 0.717) is 12.4 Å². The number of aliphatic carboxylic acids is 1. The molecule has 1 unspecified atom stereocenters. The number of hydrogen-bond acceptors (Lipinski definition) is 5. The fourth-order valence-corrected chi connectivity index (χ4v) is 3.12. The monoisotopic (exact) mass is 392 g/mol. The maximum absolute atomic E-state index is 10.8. The second-order valence-electron chi connectivity index (χ2n) is 4.20. The minimum absolute atomic E-state index is 0.0393. The van der Waals surface area contributed by atoms with Crippen molar-refractivity contribution in [1.82, 2.24) is 20.2 Å². The van der Waals surface area contributed by atoms with Crippen LogP contribution in [0.3, 0.4) is 0 Å². The smallest absolute Gasteiger partial charge is 0.303 e. The van der Waals surface area contributed by atoms with E-state index in [-0.39, 0.29) is 12.3 Å². The predicted molar refractivity (Wildman–Crippen MR) is 79.9 cm³/mol. The van der Waals surface area contributed by atoms with E-state index in [4.69, 9.17) is 5.11 Å². The number of carboxylic acid groups (broad SMARTS) is 1. The van der Waals surface area contributed by atoms with E-state index in [1.807, 2.05) is 18.4 Å². The zero-order valence-electron chi connectivity index (χ0n) is 10.3. The molecule has 0 bridgehead atoms. The highest BCUT2D eigenvalue weighted by atomic mass is 127. The third kappa shape index (κ3) is 3.72. The van der Waals surface area contributed by atoms with Crippen molar-refractivity contribution in [3.63, 3.8) is 0 Å². The summed E-state index contributed by atoms with van der Waals surface area (Å²) < 4.78 is 2.86. The first-order chi connectivity index (χ1) is 9.10. The molecule has 0 aliphatic heterocycles. The number of nitrogens with zero attached hydrogens (tertiary/aromatic N) is 4. The number of halogens is 1. The lowest BCUT2D eigenvalue weighted by atomic mass is 10.0. The van der Waals surface area contributed by atoms with Crippen LogP contribution in [-0.4, -0.2) is 31.3 Å². The van der Waals surface area contributed by atoms with Crippen molar-refractivity contribution in [2.75, 3.05) is 0 Å². The number of carbonyl (C=O) groups is 1. The molecule has 8 heteroatoms. The van der Waals surface area contributed by atoms with Crippen LogP contribution in [0.5, 0.6) is 0 Å². The fraction of sp³-hybridized carbons (Fsp3) is 0.455. The van der Waals surface area contributed by atoms with Crippen molar-refractivity contribution < 1.29 is 9.90 Å². The summed E-state index contributed by atoms with van der Waals surface area (Å²) in [6.45, 7) is 2.50. The number of rotatable bonds is 6. The Morgan fingerprint density at radius 1 is 1.63 bits per heavy atom. The van der Waals surface area contributed by atoms with Crippen LogP contribution in [0, 0.1) is 8.80 Å². The zero-order chi connectivity index (χ0) is 13.8. The molecule has 0 saturated heterocycles. The first-order valence-electron chi connectivity index (χ1n) is 5.82. The van der Waals surface area contributed by atoms with Gasteiger partial charge in [-0.3, -0.25) is 4.79 Å². The second kappa shape index (κ2) is 6.42. The van der Waals surface area contributed by atoms with Crippen LogP contribution in [0.4, 0.5) is 0 Å². The topological polar surface area (TPSA) is 80.9 Å². The molecular weight excluding hydrogens is 379 g/mol. The van der Waals surface area contributed by atoms with Crippen molar-refractivity contribution in [3.05, 3.63) is 14.3 Å². The van der Waals surface area contributed by atoms with Crippen LogP contribution in [0.2, 0.25) is 0 Å². The van der Waals surface area contributed by atoms with Crippen molar-refractivity contribution in [3.8, 4) is 11.4 Å². The minimum Gasteiger partial charge on any atom is -0.481 e. The number of hydrogen-bond donors (Lipinski definition) is 1. The van der Waals surface area contributed by atoms with Crippen LogP contribution in [0.25, 0.3) is 11.4 Å². The number of tetrazole rings is 1. The highest BCUT2D eigenvalue weighted by molar-refractivity contribution is 14.1. The van der Waals surface area contributed by atoms with Crippen LogP contribution < -0.4 is 0 Å². The molecule has 19 heavy (non-hydrogen) atoms. The Morgan fingerprint density at radius 3 is 3.00 bits per heavy atom. The molecule has 102 valence electrons. The third-order valence-corrected chi connectivity index (χ3v) is 4.62. The Morgan fingerprint density at radius 2 is 2.42 bits per heavy atom. The molecule has 0 spiro atoms. The van der Waals surface area contributed by atoms with Gasteiger partial charge < -0.3 is 5.11 Å². The Bertz CT molecular complexity index is 569. The summed E-state index contributed by atoms with van der Waals surface area (Å²) in [7, 11) is 0. The summed E-state index contributed by atoms with van der Waals surface area (Å²) in [4.78, 5) is 10.8. The minimum atomic E-state index is -0.786. The average molecular weight is 392 g/mol. The van der Waals surface area contributed by atoms with Gasteiger partial charge >= 0.3 is 5.97 Å². The van der Waals surface area contributed by atoms with Crippen LogP contribution in [-0.2, 0) is 11.3 Å². The third-order valence-electron chi connectivity index (χ3n) is 2.83. The maximum atomic E-state index is 10.8. The predicted octanol–water partition coefficient (Wildman–Crippen LogP) is 2.51. The molecule has 1 N–H and O–H groups in total. The summed E-state index contributed by atoms with van der Waals surface area (Å²) in [5.41, 5.74) is 0.976. The fourth-order valence-electron chi connectivity index (χ4n) is 1.79. The lowest BCUT2D eigenvalue weighted by Crippen LogP contribution is -2.16. The molecule has 2 rings (SSSR count). The summed E-state index contributed by atoms with van der Waals surface area (Å²) in [6, 6.07) is 2.02. The van der Waals surface area contributed by atoms with Gasteiger partial charge in [0.1, 0.15) is 0 Å². The van der Waals surface area contributed by atoms with Gasteiger partial charge in [-0.2, -0.15) is 0 Å². The van der Waals surface area contributed by atoms with E-state index in [0.717, 1.165) is 12.0 Å². The van der Waals surface area contributed by atoms with Gasteiger partial charge in [0.05, 0.1) is 2.88 Å². The lowest BCUT2D eigenvalue weighted by molar-refractivity contribution is -0.138. The van der Waals surface area contributed by atoms with E-state index >= 15 is 0 Å². The standard InChI is InChI=1S/C11H13IN4O2S/c1-2-7(3-10(17)18)5-16-11(13-14-15-16)8-4-9(12)19-6-8/h4,6-7H,2-3,5H2,1H3,(H,17,18). The molecule has 0 aromatic carbocycles. The molecule has 0 saturated carbocycles. The second-order valence-corrected chi connectivity index (χ2v) is 7.00. The summed E-state index contributed by atoms with van der Waals surface area (Å²) in [6.07, 6.45) is 0.920. The highest BCUT2D eigenvalue weighted by Gasteiger charge is 2.17. The van der Waals surface area contributed by atoms with Crippen molar-refractivity contribution >= 4 is 39.9 Å². The maximum Gasteiger partial charge on any atom is 0.303 e. The number of thiophene rings is 1. The molecule has 2 heterocycles. The van der Waals surface area contributed by atoms with E-state index in [1.165, 1.54) is 2.88 Å². The molecule has 6 nitrogen and oxygen atoms in total. The molecule has 0 amide bonds. The van der Waals surface area contributed by atoms with Crippen LogP contribution >= 0.6 is 33.9 Å². The molecule has 0 radical (unpaired) electrons.